The van der Waals surface area contributed by atoms with Crippen molar-refractivity contribution in [3.8, 4) is 16.9 Å². The second kappa shape index (κ2) is 10.6. The number of para-hydroxylation sites is 1. The van der Waals surface area contributed by atoms with Gasteiger partial charge in [-0.05, 0) is 55.7 Å². The Labute approximate surface area is 231 Å². The second-order valence-corrected chi connectivity index (χ2v) is 10.1. The fraction of sp³-hybridized carbons (Fsp3) is 0.267. The Morgan fingerprint density at radius 3 is 2.64 bits per heavy atom. The molecule has 39 heavy (non-hydrogen) atoms. The van der Waals surface area contributed by atoms with E-state index in [4.69, 9.17) is 16.6 Å². The molecule has 7 nitrogen and oxygen atoms in total. The number of hydrogen-bond acceptors (Lipinski definition) is 5. The predicted molar refractivity (Wildman–Crippen MR) is 153 cm³/mol. The Bertz CT molecular complexity index is 1670. The van der Waals surface area contributed by atoms with E-state index < -0.39 is 11.5 Å². The lowest BCUT2D eigenvalue weighted by Gasteiger charge is -2.40. The van der Waals surface area contributed by atoms with E-state index in [1.807, 2.05) is 43.9 Å². The van der Waals surface area contributed by atoms with Gasteiger partial charge in [0.2, 0.25) is 5.91 Å². The lowest BCUT2D eigenvalue weighted by atomic mass is 10.0. The van der Waals surface area contributed by atoms with E-state index >= 15 is 0 Å². The molecule has 2 aromatic heterocycles. The second-order valence-electron chi connectivity index (χ2n) is 9.69. The van der Waals surface area contributed by atoms with Gasteiger partial charge in [-0.3, -0.25) is 4.79 Å². The first-order valence-corrected chi connectivity index (χ1v) is 13.3. The summed E-state index contributed by atoms with van der Waals surface area (Å²) in [6.45, 7) is 10.9. The maximum absolute atomic E-state index is 14.9. The van der Waals surface area contributed by atoms with Crippen LogP contribution in [0.15, 0.2) is 66.0 Å². The summed E-state index contributed by atoms with van der Waals surface area (Å²) < 4.78 is 16.4. The maximum Gasteiger partial charge on any atom is 0.355 e. The number of amides is 1. The summed E-state index contributed by atoms with van der Waals surface area (Å²) in [4.78, 5) is 39.2. The highest BCUT2D eigenvalue weighted by Gasteiger charge is 2.30. The van der Waals surface area contributed by atoms with E-state index in [1.54, 1.807) is 29.2 Å². The average molecular weight is 546 g/mol. The summed E-state index contributed by atoms with van der Waals surface area (Å²) in [6, 6.07) is 13.7. The van der Waals surface area contributed by atoms with Gasteiger partial charge in [0.15, 0.2) is 5.65 Å². The van der Waals surface area contributed by atoms with Crippen molar-refractivity contribution in [3.63, 3.8) is 0 Å². The molecule has 1 saturated heterocycles. The first kappa shape index (κ1) is 26.6. The number of nitrogens with zero attached hydrogens (tertiary/aromatic N) is 5. The first-order valence-electron chi connectivity index (χ1n) is 12.9. The normalized spacial score (nSPS) is 15.6. The molecule has 4 aromatic rings. The summed E-state index contributed by atoms with van der Waals surface area (Å²) in [7, 11) is 0. The van der Waals surface area contributed by atoms with Gasteiger partial charge in [-0.2, -0.15) is 4.98 Å². The molecule has 0 aliphatic carbocycles. The lowest BCUT2D eigenvalue weighted by molar-refractivity contribution is -0.126. The van der Waals surface area contributed by atoms with Gasteiger partial charge in [0.05, 0.1) is 21.8 Å². The zero-order valence-electron chi connectivity index (χ0n) is 22.1. The van der Waals surface area contributed by atoms with E-state index in [0.29, 0.717) is 48.6 Å². The zero-order chi connectivity index (χ0) is 27.8. The molecule has 1 aliphatic heterocycles. The van der Waals surface area contributed by atoms with Crippen LogP contribution >= 0.6 is 11.6 Å². The van der Waals surface area contributed by atoms with E-state index in [-0.39, 0.29) is 28.2 Å². The summed E-state index contributed by atoms with van der Waals surface area (Å²) in [6.07, 6.45) is 2.00. The SMILES string of the molecule is C=CC(=O)N1CCN(c2nc(=O)n(-c3c(C)cccc3CC)c3nc(-c4ccccc4F)c(Cl)cc23)[C@@H](C)C1. The van der Waals surface area contributed by atoms with Crippen LogP contribution in [0.2, 0.25) is 5.02 Å². The molecule has 2 aromatic carbocycles. The van der Waals surface area contributed by atoms with E-state index in [9.17, 15) is 14.0 Å². The van der Waals surface area contributed by atoms with Crippen LogP contribution in [0, 0.1) is 12.7 Å². The van der Waals surface area contributed by atoms with E-state index in [0.717, 1.165) is 11.1 Å². The number of pyridine rings is 1. The van der Waals surface area contributed by atoms with Crippen molar-refractivity contribution in [1.82, 2.24) is 19.4 Å². The molecular weight excluding hydrogens is 517 g/mol. The zero-order valence-corrected chi connectivity index (χ0v) is 22.9. The largest absolute Gasteiger partial charge is 0.355 e. The van der Waals surface area contributed by atoms with Gasteiger partial charge >= 0.3 is 5.69 Å². The number of hydrogen-bond donors (Lipinski definition) is 0. The quantitative estimate of drug-likeness (QED) is 0.317. The molecule has 9 heteroatoms. The number of rotatable bonds is 5. The van der Waals surface area contributed by atoms with Gasteiger partial charge in [0.1, 0.15) is 11.6 Å². The van der Waals surface area contributed by atoms with Crippen molar-refractivity contribution >= 4 is 34.4 Å². The summed E-state index contributed by atoms with van der Waals surface area (Å²) >= 11 is 6.74. The molecule has 3 heterocycles. The molecule has 0 saturated carbocycles. The van der Waals surface area contributed by atoms with Gasteiger partial charge in [0, 0.05) is 31.2 Å². The topological polar surface area (TPSA) is 71.3 Å². The molecule has 0 unspecified atom stereocenters. The van der Waals surface area contributed by atoms with Crippen molar-refractivity contribution in [2.45, 2.75) is 33.2 Å². The minimum Gasteiger partial charge on any atom is -0.350 e. The fourth-order valence-electron chi connectivity index (χ4n) is 5.29. The predicted octanol–water partition coefficient (Wildman–Crippen LogP) is 5.33. The summed E-state index contributed by atoms with van der Waals surface area (Å²) in [5.74, 6) is -0.164. The van der Waals surface area contributed by atoms with Gasteiger partial charge in [-0.25, -0.2) is 18.7 Å². The van der Waals surface area contributed by atoms with Crippen LogP contribution in [0.4, 0.5) is 10.2 Å². The Morgan fingerprint density at radius 2 is 1.95 bits per heavy atom. The molecule has 1 amide bonds. The number of aryl methyl sites for hydroxylation is 2. The van der Waals surface area contributed by atoms with Crippen LogP contribution in [0.5, 0.6) is 0 Å². The Hall–Kier alpha value is -4.04. The highest BCUT2D eigenvalue weighted by Crippen LogP contribution is 2.35. The van der Waals surface area contributed by atoms with Crippen LogP contribution < -0.4 is 10.6 Å². The van der Waals surface area contributed by atoms with Crippen molar-refractivity contribution in [2.24, 2.45) is 0 Å². The molecule has 1 fully saturated rings. The Balaban J connectivity index is 1.80. The van der Waals surface area contributed by atoms with Gasteiger partial charge in [-0.15, -0.1) is 0 Å². The molecule has 200 valence electrons. The highest BCUT2D eigenvalue weighted by atomic mass is 35.5. The molecule has 0 bridgehead atoms. The smallest absolute Gasteiger partial charge is 0.350 e. The number of fused-ring (bicyclic) bond motifs is 1. The van der Waals surface area contributed by atoms with Crippen LogP contribution in [0.25, 0.3) is 28.0 Å². The molecule has 0 radical (unpaired) electrons. The van der Waals surface area contributed by atoms with Crippen LogP contribution in [-0.4, -0.2) is 51.0 Å². The van der Waals surface area contributed by atoms with E-state index in [1.165, 1.54) is 16.7 Å². The molecule has 0 N–H and O–H groups in total. The van der Waals surface area contributed by atoms with Crippen LogP contribution in [0.3, 0.4) is 0 Å². The minimum absolute atomic E-state index is 0.136. The van der Waals surface area contributed by atoms with Crippen molar-refractivity contribution in [3.05, 3.63) is 93.6 Å². The van der Waals surface area contributed by atoms with Gasteiger partial charge in [0.25, 0.3) is 0 Å². The van der Waals surface area contributed by atoms with Crippen LogP contribution in [-0.2, 0) is 11.2 Å². The molecular formula is C30H29ClFN5O2. The van der Waals surface area contributed by atoms with Crippen LogP contribution in [0.1, 0.15) is 25.0 Å². The number of benzene rings is 2. The number of piperazine rings is 1. The molecule has 1 atom stereocenters. The van der Waals surface area contributed by atoms with Crippen molar-refractivity contribution < 1.29 is 9.18 Å². The summed E-state index contributed by atoms with van der Waals surface area (Å²) in [5.41, 5.74) is 2.89. The number of halogens is 2. The molecule has 1 aliphatic rings. The highest BCUT2D eigenvalue weighted by molar-refractivity contribution is 6.33. The van der Waals surface area contributed by atoms with Gasteiger partial charge in [-0.1, -0.05) is 55.4 Å². The number of carbonyl (C=O) groups is 1. The Morgan fingerprint density at radius 1 is 1.18 bits per heavy atom. The average Bonchev–Trinajstić information content (AvgIpc) is 2.93. The van der Waals surface area contributed by atoms with Gasteiger partial charge < -0.3 is 9.80 Å². The number of anilines is 1. The van der Waals surface area contributed by atoms with E-state index in [2.05, 4.69) is 11.6 Å². The monoisotopic (exact) mass is 545 g/mol. The van der Waals surface area contributed by atoms with Crippen molar-refractivity contribution in [1.29, 1.82) is 0 Å². The molecule has 0 spiro atoms. The Kier molecular flexibility index (Phi) is 7.23. The maximum atomic E-state index is 14.9. The number of aromatic nitrogens is 3. The molecule has 5 rings (SSSR count). The summed E-state index contributed by atoms with van der Waals surface area (Å²) in [5, 5.41) is 0.815. The number of carbonyl (C=O) groups excluding carboxylic acids is 1. The third-order valence-corrected chi connectivity index (χ3v) is 7.53. The lowest BCUT2D eigenvalue weighted by Crippen LogP contribution is -2.54. The standard InChI is InChI=1S/C30H29ClFN5O2/c1-5-20-11-9-10-18(3)27(20)37-29-22(16-23(31)26(33-29)21-12-7-8-13-24(21)32)28(34-30(37)39)36-15-14-35(17-19(36)4)25(38)6-2/h6-13,16,19H,2,5,14-15,17H2,1,3-4H3/t19-/m0/s1. The third kappa shape index (κ3) is 4.69. The first-order chi connectivity index (χ1) is 18.7. The fourth-order valence-corrected chi connectivity index (χ4v) is 5.55. The van der Waals surface area contributed by atoms with Crippen molar-refractivity contribution in [2.75, 3.05) is 24.5 Å². The third-order valence-electron chi connectivity index (χ3n) is 7.24. The minimum atomic E-state index is -0.493.